The summed E-state index contributed by atoms with van der Waals surface area (Å²) in [5.74, 6) is 2.14. The molecule has 11 heavy (non-hydrogen) atoms. The fraction of sp³-hybridized carbons (Fsp3) is 0.700. The molecule has 0 aliphatic heterocycles. The standard InChI is InChI=1S/C10H17N/c1-5-6-9-7(2)8(3)10(9)11-4/h5-10H,4H2,1-3H3/b6-5-/t7?,8?,9-,10?/m0/s1. The third kappa shape index (κ3) is 1.24. The number of hydrogen-bond donors (Lipinski definition) is 0. The molecule has 0 radical (unpaired) electrons. The second-order valence-electron chi connectivity index (χ2n) is 3.49. The summed E-state index contributed by atoms with van der Waals surface area (Å²) in [7, 11) is 0. The summed E-state index contributed by atoms with van der Waals surface area (Å²) in [5, 5.41) is 0. The first kappa shape index (κ1) is 8.51. The van der Waals surface area contributed by atoms with Crippen LogP contribution in [0.1, 0.15) is 20.8 Å². The minimum atomic E-state index is 0.473. The molecule has 0 aromatic carbocycles. The molecular weight excluding hydrogens is 134 g/mol. The van der Waals surface area contributed by atoms with Gasteiger partial charge in [0.05, 0.1) is 6.04 Å². The van der Waals surface area contributed by atoms with Gasteiger partial charge in [-0.15, -0.1) is 0 Å². The lowest BCUT2D eigenvalue weighted by Crippen LogP contribution is -2.45. The zero-order valence-electron chi connectivity index (χ0n) is 7.62. The van der Waals surface area contributed by atoms with Crippen molar-refractivity contribution in [2.24, 2.45) is 22.7 Å². The summed E-state index contributed by atoms with van der Waals surface area (Å²) in [5.41, 5.74) is 0. The summed E-state index contributed by atoms with van der Waals surface area (Å²) < 4.78 is 0. The fourth-order valence-corrected chi connectivity index (χ4v) is 1.98. The maximum atomic E-state index is 4.12. The van der Waals surface area contributed by atoms with Crippen molar-refractivity contribution in [1.29, 1.82) is 0 Å². The molecule has 0 aromatic rings. The van der Waals surface area contributed by atoms with E-state index < -0.39 is 0 Å². The van der Waals surface area contributed by atoms with Crippen LogP contribution in [0.15, 0.2) is 17.1 Å². The number of allylic oxidation sites excluding steroid dienone is 1. The van der Waals surface area contributed by atoms with Crippen LogP contribution in [0.25, 0.3) is 0 Å². The number of rotatable bonds is 2. The third-order valence-corrected chi connectivity index (χ3v) is 3.00. The average molecular weight is 151 g/mol. The van der Waals surface area contributed by atoms with Gasteiger partial charge in [-0.3, -0.25) is 4.99 Å². The van der Waals surface area contributed by atoms with Gasteiger partial charge in [-0.2, -0.15) is 0 Å². The molecule has 1 heteroatoms. The molecule has 0 N–H and O–H groups in total. The number of hydrogen-bond acceptors (Lipinski definition) is 1. The molecule has 1 saturated carbocycles. The molecule has 1 aliphatic carbocycles. The van der Waals surface area contributed by atoms with E-state index in [1.165, 1.54) is 0 Å². The average Bonchev–Trinajstić information content (AvgIpc) is 2.04. The van der Waals surface area contributed by atoms with E-state index >= 15 is 0 Å². The van der Waals surface area contributed by atoms with Gasteiger partial charge in [0.2, 0.25) is 0 Å². The molecule has 4 atom stereocenters. The van der Waals surface area contributed by atoms with Gasteiger partial charge in [0.1, 0.15) is 0 Å². The Morgan fingerprint density at radius 2 is 1.91 bits per heavy atom. The first-order valence-electron chi connectivity index (χ1n) is 4.31. The van der Waals surface area contributed by atoms with Crippen molar-refractivity contribution in [3.63, 3.8) is 0 Å². The highest BCUT2D eigenvalue weighted by Crippen LogP contribution is 2.42. The van der Waals surface area contributed by atoms with Crippen LogP contribution in [-0.2, 0) is 0 Å². The molecule has 0 heterocycles. The van der Waals surface area contributed by atoms with E-state index in [-0.39, 0.29) is 0 Å². The van der Waals surface area contributed by atoms with Crippen LogP contribution in [0.4, 0.5) is 0 Å². The molecular formula is C10H17N. The van der Waals surface area contributed by atoms with E-state index in [1.54, 1.807) is 0 Å². The van der Waals surface area contributed by atoms with Gasteiger partial charge < -0.3 is 0 Å². The summed E-state index contributed by atoms with van der Waals surface area (Å²) in [6, 6.07) is 0.473. The molecule has 62 valence electrons. The Labute approximate surface area is 69.2 Å². The van der Waals surface area contributed by atoms with Crippen LogP contribution >= 0.6 is 0 Å². The van der Waals surface area contributed by atoms with Crippen LogP contribution in [0, 0.1) is 17.8 Å². The Kier molecular flexibility index (Phi) is 2.48. The summed E-state index contributed by atoms with van der Waals surface area (Å²) in [4.78, 5) is 4.12. The monoisotopic (exact) mass is 151 g/mol. The SMILES string of the molecule is C=NC1C(C)C(C)[C@@H]1/C=C\C. The van der Waals surface area contributed by atoms with Gasteiger partial charge in [-0.1, -0.05) is 26.0 Å². The van der Waals surface area contributed by atoms with E-state index in [0.717, 1.165) is 5.92 Å². The molecule has 0 spiro atoms. The first-order chi connectivity index (χ1) is 5.22. The highest BCUT2D eigenvalue weighted by atomic mass is 14.8. The van der Waals surface area contributed by atoms with Crippen molar-refractivity contribution in [3.05, 3.63) is 12.2 Å². The van der Waals surface area contributed by atoms with E-state index in [1.807, 2.05) is 0 Å². The van der Waals surface area contributed by atoms with Crippen molar-refractivity contribution in [1.82, 2.24) is 0 Å². The Hall–Kier alpha value is -0.590. The number of nitrogens with zero attached hydrogens (tertiary/aromatic N) is 1. The second kappa shape index (κ2) is 3.21. The van der Waals surface area contributed by atoms with Gasteiger partial charge >= 0.3 is 0 Å². The summed E-state index contributed by atoms with van der Waals surface area (Å²) in [6.45, 7) is 10.2. The van der Waals surface area contributed by atoms with E-state index in [4.69, 9.17) is 0 Å². The zero-order chi connectivity index (χ0) is 8.43. The van der Waals surface area contributed by atoms with E-state index in [0.29, 0.717) is 17.9 Å². The predicted molar refractivity (Wildman–Crippen MR) is 50.0 cm³/mol. The summed E-state index contributed by atoms with van der Waals surface area (Å²) in [6.07, 6.45) is 4.37. The van der Waals surface area contributed by atoms with Crippen molar-refractivity contribution >= 4 is 6.72 Å². The highest BCUT2D eigenvalue weighted by molar-refractivity contribution is 5.26. The maximum Gasteiger partial charge on any atom is 0.0585 e. The largest absolute Gasteiger partial charge is 0.297 e. The van der Waals surface area contributed by atoms with Crippen LogP contribution in [0.5, 0.6) is 0 Å². The first-order valence-corrected chi connectivity index (χ1v) is 4.31. The Morgan fingerprint density at radius 1 is 1.27 bits per heavy atom. The Balaban J connectivity index is 2.59. The zero-order valence-corrected chi connectivity index (χ0v) is 7.62. The topological polar surface area (TPSA) is 12.4 Å². The van der Waals surface area contributed by atoms with E-state index in [9.17, 15) is 0 Å². The molecule has 3 unspecified atom stereocenters. The lowest BCUT2D eigenvalue weighted by molar-refractivity contribution is 0.106. The highest BCUT2D eigenvalue weighted by Gasteiger charge is 2.42. The second-order valence-corrected chi connectivity index (χ2v) is 3.49. The Bertz CT molecular complexity index is 172. The van der Waals surface area contributed by atoms with Crippen molar-refractivity contribution in [2.45, 2.75) is 26.8 Å². The maximum absolute atomic E-state index is 4.12. The quantitative estimate of drug-likeness (QED) is 0.425. The smallest absolute Gasteiger partial charge is 0.0585 e. The molecule has 1 fully saturated rings. The normalized spacial score (nSPS) is 43.9. The lowest BCUT2D eigenvalue weighted by atomic mass is 9.62. The lowest BCUT2D eigenvalue weighted by Gasteiger charge is -2.45. The fourth-order valence-electron chi connectivity index (χ4n) is 1.98. The van der Waals surface area contributed by atoms with Gasteiger partial charge in [0.15, 0.2) is 0 Å². The minimum absolute atomic E-state index is 0.473. The van der Waals surface area contributed by atoms with Crippen LogP contribution < -0.4 is 0 Å². The van der Waals surface area contributed by atoms with Crippen LogP contribution in [-0.4, -0.2) is 12.8 Å². The van der Waals surface area contributed by atoms with Gasteiger partial charge in [0.25, 0.3) is 0 Å². The predicted octanol–water partition coefficient (Wildman–Crippen LogP) is 2.53. The van der Waals surface area contributed by atoms with Gasteiger partial charge in [-0.05, 0) is 25.5 Å². The van der Waals surface area contributed by atoms with Crippen molar-refractivity contribution in [3.8, 4) is 0 Å². The molecule has 1 rings (SSSR count). The third-order valence-electron chi connectivity index (χ3n) is 3.00. The molecule has 0 saturated heterocycles. The van der Waals surface area contributed by atoms with Gasteiger partial charge in [-0.25, -0.2) is 0 Å². The summed E-state index contributed by atoms with van der Waals surface area (Å²) >= 11 is 0. The Morgan fingerprint density at radius 3 is 2.36 bits per heavy atom. The molecule has 1 aliphatic rings. The van der Waals surface area contributed by atoms with Crippen molar-refractivity contribution < 1.29 is 0 Å². The van der Waals surface area contributed by atoms with Crippen LogP contribution in [0.2, 0.25) is 0 Å². The molecule has 0 bridgehead atoms. The van der Waals surface area contributed by atoms with Gasteiger partial charge in [0, 0.05) is 5.92 Å². The molecule has 0 amide bonds. The van der Waals surface area contributed by atoms with Crippen molar-refractivity contribution in [2.75, 3.05) is 0 Å². The molecule has 0 aromatic heterocycles. The minimum Gasteiger partial charge on any atom is -0.297 e. The van der Waals surface area contributed by atoms with Crippen LogP contribution in [0.3, 0.4) is 0 Å². The number of aliphatic imine (C=N–C) groups is 1. The van der Waals surface area contributed by atoms with E-state index in [2.05, 4.69) is 44.6 Å². The molecule has 1 nitrogen and oxygen atoms in total.